The van der Waals surface area contributed by atoms with Gasteiger partial charge in [-0.05, 0) is 55.7 Å². The summed E-state index contributed by atoms with van der Waals surface area (Å²) in [6.45, 7) is 4.29. The molecule has 4 rings (SSSR count). The van der Waals surface area contributed by atoms with Crippen LogP contribution >= 0.6 is 22.7 Å². The van der Waals surface area contributed by atoms with E-state index >= 15 is 0 Å². The second-order valence-corrected chi connectivity index (χ2v) is 9.94. The zero-order valence-electron chi connectivity index (χ0n) is 16.5. The molecule has 0 aliphatic heterocycles. The normalized spacial score (nSPS) is 13.6. The van der Waals surface area contributed by atoms with E-state index in [2.05, 4.69) is 24.1 Å². The van der Waals surface area contributed by atoms with Gasteiger partial charge < -0.3 is 16.8 Å². The van der Waals surface area contributed by atoms with Gasteiger partial charge in [0.2, 0.25) is 0 Å². The van der Waals surface area contributed by atoms with Gasteiger partial charge in [-0.15, -0.1) is 22.7 Å². The molecule has 0 unspecified atom stereocenters. The standard InChI is InChI=1S/C21H24N4O2S2/c1-10(2)9-11-7-8-13-16(22)17(29-20(13)24-11)19(27)25-21-15(18(23)26)12-5-3-4-6-14(12)28-21/h7-8,10H,3-6,9,22H2,1-2H3,(H2,23,26)(H,25,27). The Morgan fingerprint density at radius 3 is 2.69 bits per heavy atom. The summed E-state index contributed by atoms with van der Waals surface area (Å²) in [5.41, 5.74) is 14.8. The molecule has 0 aromatic carbocycles. The van der Waals surface area contributed by atoms with Crippen LogP contribution in [0.5, 0.6) is 0 Å². The van der Waals surface area contributed by atoms with Gasteiger partial charge in [-0.1, -0.05) is 13.8 Å². The number of fused-ring (bicyclic) bond motifs is 2. The lowest BCUT2D eigenvalue weighted by atomic mass is 9.95. The number of rotatable bonds is 5. The van der Waals surface area contributed by atoms with Crippen molar-refractivity contribution in [3.8, 4) is 0 Å². The van der Waals surface area contributed by atoms with E-state index in [4.69, 9.17) is 11.5 Å². The Kier molecular flexibility index (Phi) is 5.31. The monoisotopic (exact) mass is 428 g/mol. The minimum atomic E-state index is -0.496. The van der Waals surface area contributed by atoms with Crippen molar-refractivity contribution in [1.82, 2.24) is 4.98 Å². The summed E-state index contributed by atoms with van der Waals surface area (Å²) < 4.78 is 0. The fraction of sp³-hybridized carbons (Fsp3) is 0.381. The topological polar surface area (TPSA) is 111 Å². The van der Waals surface area contributed by atoms with Crippen LogP contribution < -0.4 is 16.8 Å². The average Bonchev–Trinajstić information content (AvgIpc) is 3.18. The summed E-state index contributed by atoms with van der Waals surface area (Å²) >= 11 is 2.73. The Hall–Kier alpha value is -2.45. The molecular weight excluding hydrogens is 404 g/mol. The number of primary amides is 1. The molecule has 152 valence electrons. The van der Waals surface area contributed by atoms with E-state index in [-0.39, 0.29) is 5.91 Å². The van der Waals surface area contributed by atoms with E-state index in [0.717, 1.165) is 58.5 Å². The lowest BCUT2D eigenvalue weighted by Gasteiger charge is -2.11. The smallest absolute Gasteiger partial charge is 0.268 e. The SMILES string of the molecule is CC(C)Cc1ccc2c(N)c(C(=O)Nc3sc4c(c3C(N)=O)CCCC4)sc2n1. The van der Waals surface area contributed by atoms with Gasteiger partial charge in [0.25, 0.3) is 11.8 Å². The highest BCUT2D eigenvalue weighted by molar-refractivity contribution is 7.21. The van der Waals surface area contributed by atoms with Crippen molar-refractivity contribution in [1.29, 1.82) is 0 Å². The number of pyridine rings is 1. The number of carbonyl (C=O) groups is 2. The van der Waals surface area contributed by atoms with Crippen LogP contribution in [0.25, 0.3) is 10.2 Å². The maximum absolute atomic E-state index is 13.0. The van der Waals surface area contributed by atoms with Gasteiger partial charge in [0.1, 0.15) is 14.7 Å². The first-order valence-electron chi connectivity index (χ1n) is 9.78. The second kappa shape index (κ2) is 7.76. The largest absolute Gasteiger partial charge is 0.397 e. The highest BCUT2D eigenvalue weighted by atomic mass is 32.1. The number of carbonyl (C=O) groups excluding carboxylic acids is 2. The number of nitrogen functional groups attached to an aromatic ring is 1. The van der Waals surface area contributed by atoms with Gasteiger partial charge in [-0.25, -0.2) is 4.98 Å². The third-order valence-electron chi connectivity index (χ3n) is 5.12. The Morgan fingerprint density at radius 2 is 1.97 bits per heavy atom. The highest BCUT2D eigenvalue weighted by Crippen LogP contribution is 2.39. The van der Waals surface area contributed by atoms with Gasteiger partial charge in [0.15, 0.2) is 0 Å². The summed E-state index contributed by atoms with van der Waals surface area (Å²) in [7, 11) is 0. The van der Waals surface area contributed by atoms with E-state index < -0.39 is 5.91 Å². The van der Waals surface area contributed by atoms with Crippen LogP contribution in [-0.2, 0) is 19.3 Å². The number of amides is 2. The van der Waals surface area contributed by atoms with Crippen molar-refractivity contribution in [3.05, 3.63) is 38.7 Å². The number of nitrogens with zero attached hydrogens (tertiary/aromatic N) is 1. The summed E-state index contributed by atoms with van der Waals surface area (Å²) in [5.74, 6) is -0.321. The third-order valence-corrected chi connectivity index (χ3v) is 7.44. The van der Waals surface area contributed by atoms with Crippen LogP contribution in [0.15, 0.2) is 12.1 Å². The molecule has 1 aliphatic carbocycles. The average molecular weight is 429 g/mol. The number of hydrogen-bond donors (Lipinski definition) is 3. The summed E-state index contributed by atoms with van der Waals surface area (Å²) in [5, 5.41) is 4.21. The molecule has 2 amide bonds. The molecule has 8 heteroatoms. The van der Waals surface area contributed by atoms with Crippen molar-refractivity contribution < 1.29 is 9.59 Å². The first-order chi connectivity index (χ1) is 13.8. The first kappa shape index (κ1) is 19.8. The van der Waals surface area contributed by atoms with Crippen LogP contribution in [0.4, 0.5) is 10.7 Å². The van der Waals surface area contributed by atoms with E-state index in [0.29, 0.717) is 27.0 Å². The highest BCUT2D eigenvalue weighted by Gasteiger charge is 2.26. The Balaban J connectivity index is 1.67. The molecule has 5 N–H and O–H groups in total. The molecule has 3 aromatic rings. The minimum absolute atomic E-state index is 0.322. The molecular formula is C21H24N4O2S2. The van der Waals surface area contributed by atoms with Gasteiger partial charge in [-0.2, -0.15) is 0 Å². The Morgan fingerprint density at radius 1 is 1.21 bits per heavy atom. The minimum Gasteiger partial charge on any atom is -0.397 e. The zero-order valence-corrected chi connectivity index (χ0v) is 18.1. The molecule has 0 saturated carbocycles. The molecule has 0 spiro atoms. The number of aryl methyl sites for hydroxylation is 1. The number of aromatic nitrogens is 1. The molecule has 3 aromatic heterocycles. The van der Waals surface area contributed by atoms with Gasteiger partial charge in [0.05, 0.1) is 11.3 Å². The number of hydrogen-bond acceptors (Lipinski definition) is 6. The van der Waals surface area contributed by atoms with E-state index in [9.17, 15) is 9.59 Å². The Labute approximate surface area is 177 Å². The maximum Gasteiger partial charge on any atom is 0.268 e. The number of anilines is 2. The van der Waals surface area contributed by atoms with E-state index in [1.54, 1.807) is 0 Å². The van der Waals surface area contributed by atoms with Crippen LogP contribution in [0.2, 0.25) is 0 Å². The van der Waals surface area contributed by atoms with Gasteiger partial charge in [-0.3, -0.25) is 9.59 Å². The lowest BCUT2D eigenvalue weighted by molar-refractivity contribution is 0.100. The molecule has 0 saturated heterocycles. The maximum atomic E-state index is 13.0. The molecule has 1 aliphatic rings. The molecule has 0 fully saturated rings. The first-order valence-corrected chi connectivity index (χ1v) is 11.4. The van der Waals surface area contributed by atoms with Crippen LogP contribution in [0.3, 0.4) is 0 Å². The molecule has 6 nitrogen and oxygen atoms in total. The summed E-state index contributed by atoms with van der Waals surface area (Å²) in [6.07, 6.45) is 4.74. The fourth-order valence-electron chi connectivity index (χ4n) is 3.81. The van der Waals surface area contributed by atoms with E-state index in [1.165, 1.54) is 22.7 Å². The number of nitrogens with two attached hydrogens (primary N) is 2. The fourth-order valence-corrected chi connectivity index (χ4v) is 6.11. The molecule has 29 heavy (non-hydrogen) atoms. The van der Waals surface area contributed by atoms with Gasteiger partial charge in [0, 0.05) is 16.0 Å². The van der Waals surface area contributed by atoms with Gasteiger partial charge >= 0.3 is 0 Å². The summed E-state index contributed by atoms with van der Waals surface area (Å²) in [4.78, 5) is 32.0. The predicted molar refractivity (Wildman–Crippen MR) is 120 cm³/mol. The van der Waals surface area contributed by atoms with Crippen molar-refractivity contribution in [3.63, 3.8) is 0 Å². The summed E-state index contributed by atoms with van der Waals surface area (Å²) in [6, 6.07) is 3.90. The number of thiophene rings is 2. The van der Waals surface area contributed by atoms with Crippen LogP contribution in [0, 0.1) is 5.92 Å². The molecule has 0 bridgehead atoms. The molecule has 3 heterocycles. The zero-order chi connectivity index (χ0) is 20.7. The molecule has 0 atom stereocenters. The van der Waals surface area contributed by atoms with Crippen molar-refractivity contribution in [2.24, 2.45) is 11.7 Å². The lowest BCUT2D eigenvalue weighted by Crippen LogP contribution is -2.18. The van der Waals surface area contributed by atoms with Crippen LogP contribution in [0.1, 0.15) is 62.9 Å². The van der Waals surface area contributed by atoms with E-state index in [1.807, 2.05) is 12.1 Å². The number of nitrogens with one attached hydrogen (secondary N) is 1. The van der Waals surface area contributed by atoms with Crippen LogP contribution in [-0.4, -0.2) is 16.8 Å². The Bertz CT molecular complexity index is 1110. The van der Waals surface area contributed by atoms with Crippen molar-refractivity contribution in [2.45, 2.75) is 46.0 Å². The predicted octanol–water partition coefficient (Wildman–Crippen LogP) is 4.37. The quantitative estimate of drug-likeness (QED) is 0.560. The van der Waals surface area contributed by atoms with Crippen molar-refractivity contribution in [2.75, 3.05) is 11.1 Å². The third kappa shape index (κ3) is 3.74. The second-order valence-electron chi connectivity index (χ2n) is 7.83. The molecule has 0 radical (unpaired) electrons. The van der Waals surface area contributed by atoms with Crippen molar-refractivity contribution >= 4 is 55.4 Å².